The minimum Gasteiger partial charge on any atom is -0.493 e. The Morgan fingerprint density at radius 2 is 1.85 bits per heavy atom. The van der Waals surface area contributed by atoms with Gasteiger partial charge in [0.05, 0.1) is 29.2 Å². The highest BCUT2D eigenvalue weighted by molar-refractivity contribution is 8.18. The zero-order chi connectivity index (χ0) is 29.5. The fraction of sp³-hybridized carbons (Fsp3) is 0.172. The van der Waals surface area contributed by atoms with Gasteiger partial charge in [0.15, 0.2) is 11.5 Å². The Hall–Kier alpha value is -4.35. The summed E-state index contributed by atoms with van der Waals surface area (Å²) in [5.41, 5.74) is 1.24. The third-order valence-corrected chi connectivity index (χ3v) is 6.98. The summed E-state index contributed by atoms with van der Waals surface area (Å²) in [7, 11) is 1.44. The van der Waals surface area contributed by atoms with Crippen LogP contribution in [-0.4, -0.2) is 48.2 Å². The van der Waals surface area contributed by atoms with Crippen molar-refractivity contribution in [3.63, 3.8) is 0 Å². The third kappa shape index (κ3) is 7.24. The molecule has 0 radical (unpaired) electrons. The topological polar surface area (TPSA) is 111 Å². The van der Waals surface area contributed by atoms with Crippen LogP contribution in [0.5, 0.6) is 11.5 Å². The molecule has 0 aromatic heterocycles. The molecular weight excluding hydrogens is 575 g/mol. The molecule has 0 bridgehead atoms. The number of amides is 3. The van der Waals surface area contributed by atoms with Gasteiger partial charge in [0.25, 0.3) is 11.1 Å². The van der Waals surface area contributed by atoms with Crippen molar-refractivity contribution in [2.75, 3.05) is 25.6 Å². The normalized spacial score (nSPS) is 13.9. The van der Waals surface area contributed by atoms with Gasteiger partial charge >= 0.3 is 5.97 Å². The van der Waals surface area contributed by atoms with E-state index in [1.165, 1.54) is 37.5 Å². The van der Waals surface area contributed by atoms with Crippen LogP contribution in [0.15, 0.2) is 65.6 Å². The number of carbonyl (C=O) groups is 4. The van der Waals surface area contributed by atoms with E-state index >= 15 is 0 Å². The minimum absolute atomic E-state index is 0.0104. The molecule has 0 atom stereocenters. The number of hydrogen-bond donors (Lipinski definition) is 1. The van der Waals surface area contributed by atoms with Crippen LogP contribution in [0, 0.1) is 5.82 Å². The Kier molecular flexibility index (Phi) is 9.64. The predicted molar refractivity (Wildman–Crippen MR) is 152 cm³/mol. The molecule has 9 nitrogen and oxygen atoms in total. The number of thioether (sulfide) groups is 1. The number of nitrogens with one attached hydrogen (secondary N) is 1. The summed E-state index contributed by atoms with van der Waals surface area (Å²) in [5, 5.41) is 2.09. The molecule has 3 aromatic rings. The van der Waals surface area contributed by atoms with E-state index in [9.17, 15) is 23.6 Å². The summed E-state index contributed by atoms with van der Waals surface area (Å²) in [4.78, 5) is 51.1. The highest BCUT2D eigenvalue weighted by Gasteiger charge is 2.36. The maximum atomic E-state index is 13.9. The number of hydrogen-bond acceptors (Lipinski definition) is 8. The number of esters is 1. The second kappa shape index (κ2) is 13.3. The molecule has 3 amide bonds. The van der Waals surface area contributed by atoms with Gasteiger partial charge in [0.1, 0.15) is 19.0 Å². The van der Waals surface area contributed by atoms with Crippen molar-refractivity contribution in [3.05, 3.63) is 93.1 Å². The summed E-state index contributed by atoms with van der Waals surface area (Å²) < 4.78 is 30.0. The fourth-order valence-electron chi connectivity index (χ4n) is 3.76. The molecule has 1 heterocycles. The molecule has 1 N–H and O–H groups in total. The van der Waals surface area contributed by atoms with Crippen LogP contribution in [0.1, 0.15) is 28.4 Å². The van der Waals surface area contributed by atoms with E-state index in [2.05, 4.69) is 5.32 Å². The SMILES string of the molecule is CCOC(=O)c1cc(NC(=O)CN2C(=O)S/C(=C/c3ccc(OCc4ccccc4F)c(OC)c3)C2=O)ccc1Cl. The molecule has 1 aliphatic rings. The minimum atomic E-state index is -0.649. The molecule has 1 fully saturated rings. The van der Waals surface area contributed by atoms with E-state index < -0.39 is 29.6 Å². The van der Waals surface area contributed by atoms with Crippen molar-refractivity contribution in [1.82, 2.24) is 4.90 Å². The molecule has 1 aliphatic heterocycles. The first-order valence-electron chi connectivity index (χ1n) is 12.3. The van der Waals surface area contributed by atoms with Crippen LogP contribution in [0.2, 0.25) is 5.02 Å². The monoisotopic (exact) mass is 598 g/mol. The van der Waals surface area contributed by atoms with E-state index in [0.29, 0.717) is 34.4 Å². The number of rotatable bonds is 10. The van der Waals surface area contributed by atoms with Gasteiger partial charge in [-0.2, -0.15) is 0 Å². The van der Waals surface area contributed by atoms with Gasteiger partial charge < -0.3 is 19.5 Å². The first kappa shape index (κ1) is 29.6. The molecule has 0 unspecified atom stereocenters. The molecule has 0 spiro atoms. The fourth-order valence-corrected chi connectivity index (χ4v) is 4.80. The molecule has 3 aromatic carbocycles. The number of anilines is 1. The van der Waals surface area contributed by atoms with Crippen LogP contribution < -0.4 is 14.8 Å². The summed E-state index contributed by atoms with van der Waals surface area (Å²) in [5.74, 6) is -1.61. The first-order valence-corrected chi connectivity index (χ1v) is 13.5. The summed E-state index contributed by atoms with van der Waals surface area (Å²) in [6, 6.07) is 15.4. The van der Waals surface area contributed by atoms with Crippen molar-refractivity contribution < 1.29 is 37.8 Å². The largest absolute Gasteiger partial charge is 0.493 e. The highest BCUT2D eigenvalue weighted by atomic mass is 35.5. The average molecular weight is 599 g/mol. The Balaban J connectivity index is 1.42. The molecule has 41 heavy (non-hydrogen) atoms. The zero-order valence-corrected chi connectivity index (χ0v) is 23.5. The lowest BCUT2D eigenvalue weighted by Crippen LogP contribution is -2.36. The van der Waals surface area contributed by atoms with Gasteiger partial charge in [-0.3, -0.25) is 19.3 Å². The van der Waals surface area contributed by atoms with E-state index in [1.807, 2.05) is 0 Å². The second-order valence-corrected chi connectivity index (χ2v) is 9.92. The van der Waals surface area contributed by atoms with Gasteiger partial charge in [-0.25, -0.2) is 9.18 Å². The zero-order valence-electron chi connectivity index (χ0n) is 21.9. The van der Waals surface area contributed by atoms with Crippen LogP contribution in [0.3, 0.4) is 0 Å². The Labute approximate surface area is 244 Å². The van der Waals surface area contributed by atoms with Gasteiger partial charge in [0, 0.05) is 11.3 Å². The lowest BCUT2D eigenvalue weighted by Gasteiger charge is -2.13. The van der Waals surface area contributed by atoms with Crippen molar-refractivity contribution in [1.29, 1.82) is 0 Å². The summed E-state index contributed by atoms with van der Waals surface area (Å²) in [6.07, 6.45) is 1.50. The quantitative estimate of drug-likeness (QED) is 0.226. The lowest BCUT2D eigenvalue weighted by atomic mass is 10.1. The van der Waals surface area contributed by atoms with Crippen LogP contribution in [0.25, 0.3) is 6.08 Å². The molecule has 1 saturated heterocycles. The van der Waals surface area contributed by atoms with Gasteiger partial charge in [0.2, 0.25) is 5.91 Å². The molecule has 4 rings (SSSR count). The number of nitrogens with zero attached hydrogens (tertiary/aromatic N) is 1. The Bertz CT molecular complexity index is 1550. The Morgan fingerprint density at radius 3 is 2.59 bits per heavy atom. The summed E-state index contributed by atoms with van der Waals surface area (Å²) >= 11 is 6.74. The maximum absolute atomic E-state index is 13.9. The van der Waals surface area contributed by atoms with Crippen molar-refractivity contribution in [2.45, 2.75) is 13.5 Å². The average Bonchev–Trinajstić information content (AvgIpc) is 3.21. The number of methoxy groups -OCH3 is 1. The maximum Gasteiger partial charge on any atom is 0.339 e. The number of ether oxygens (including phenoxy) is 3. The van der Waals surface area contributed by atoms with E-state index in [1.54, 1.807) is 43.3 Å². The molecule has 0 saturated carbocycles. The van der Waals surface area contributed by atoms with E-state index in [4.69, 9.17) is 25.8 Å². The molecule has 0 aliphatic carbocycles. The van der Waals surface area contributed by atoms with Crippen LogP contribution in [-0.2, 0) is 20.9 Å². The molecule has 12 heteroatoms. The van der Waals surface area contributed by atoms with Gasteiger partial charge in [-0.15, -0.1) is 0 Å². The van der Waals surface area contributed by atoms with E-state index in [-0.39, 0.29) is 40.2 Å². The number of imide groups is 1. The Morgan fingerprint density at radius 1 is 1.07 bits per heavy atom. The van der Waals surface area contributed by atoms with E-state index in [0.717, 1.165) is 4.90 Å². The molecular formula is C29H24ClFN2O7S. The third-order valence-electron chi connectivity index (χ3n) is 5.75. The first-order chi connectivity index (χ1) is 19.7. The number of carbonyl (C=O) groups excluding carboxylic acids is 4. The predicted octanol–water partition coefficient (Wildman–Crippen LogP) is 5.92. The highest BCUT2D eigenvalue weighted by Crippen LogP contribution is 2.35. The number of halogens is 2. The van der Waals surface area contributed by atoms with Crippen molar-refractivity contribution in [3.8, 4) is 11.5 Å². The summed E-state index contributed by atoms with van der Waals surface area (Å²) in [6.45, 7) is 1.26. The number of benzene rings is 3. The standard InChI is InChI=1S/C29H24ClFN2O7S/c1-3-39-28(36)20-14-19(9-10-21(20)30)32-26(34)15-33-27(35)25(41-29(33)37)13-17-8-11-23(24(12-17)38-2)40-16-18-6-4-5-7-22(18)31/h4-14H,3,15-16H2,1-2H3,(H,32,34)/b25-13+. The van der Waals surface area contributed by atoms with Gasteiger partial charge in [-0.05, 0) is 66.7 Å². The lowest BCUT2D eigenvalue weighted by molar-refractivity contribution is -0.127. The second-order valence-electron chi connectivity index (χ2n) is 8.52. The van der Waals surface area contributed by atoms with Crippen LogP contribution >= 0.6 is 23.4 Å². The van der Waals surface area contributed by atoms with Gasteiger partial charge in [-0.1, -0.05) is 35.9 Å². The molecule has 212 valence electrons. The van der Waals surface area contributed by atoms with Crippen molar-refractivity contribution >= 4 is 58.1 Å². The van der Waals surface area contributed by atoms with Crippen molar-refractivity contribution in [2.24, 2.45) is 0 Å². The smallest absolute Gasteiger partial charge is 0.339 e. The van der Waals surface area contributed by atoms with Crippen LogP contribution in [0.4, 0.5) is 14.9 Å².